The molecule has 0 radical (unpaired) electrons. The van der Waals surface area contributed by atoms with Crippen molar-refractivity contribution in [3.8, 4) is 0 Å². The van der Waals surface area contributed by atoms with Crippen LogP contribution in [-0.2, 0) is 6.54 Å². The summed E-state index contributed by atoms with van der Waals surface area (Å²) < 4.78 is 0. The summed E-state index contributed by atoms with van der Waals surface area (Å²) in [5, 5.41) is 1.47. The number of rotatable bonds is 4. The Kier molecular flexibility index (Phi) is 5.03. The highest BCUT2D eigenvalue weighted by molar-refractivity contribution is 6.30. The van der Waals surface area contributed by atoms with Crippen molar-refractivity contribution in [2.75, 3.05) is 0 Å². The molecule has 0 N–H and O–H groups in total. The first-order valence-corrected chi connectivity index (χ1v) is 9.62. The molecule has 0 saturated heterocycles. The molecule has 2 aromatic heterocycles. The molecule has 1 fully saturated rings. The molecule has 0 spiro atoms. The van der Waals surface area contributed by atoms with Gasteiger partial charge in [0.15, 0.2) is 0 Å². The Balaban J connectivity index is 1.69. The number of fused-ring (bicyclic) bond motifs is 1. The van der Waals surface area contributed by atoms with Gasteiger partial charge in [-0.1, -0.05) is 36.6 Å². The number of halogens is 1. The van der Waals surface area contributed by atoms with Crippen LogP contribution in [0.5, 0.6) is 0 Å². The third-order valence-electron chi connectivity index (χ3n) is 5.15. The Morgan fingerprint density at radius 3 is 2.78 bits per heavy atom. The van der Waals surface area contributed by atoms with Gasteiger partial charge in [0, 0.05) is 35.9 Å². The number of aryl methyl sites for hydroxylation is 1. The van der Waals surface area contributed by atoms with Crippen LogP contribution in [0.3, 0.4) is 0 Å². The van der Waals surface area contributed by atoms with Gasteiger partial charge in [-0.15, -0.1) is 0 Å². The quantitative estimate of drug-likeness (QED) is 0.622. The van der Waals surface area contributed by atoms with Gasteiger partial charge < -0.3 is 4.90 Å². The summed E-state index contributed by atoms with van der Waals surface area (Å²) in [6.07, 6.45) is 8.92. The van der Waals surface area contributed by atoms with Crippen molar-refractivity contribution in [1.82, 2.24) is 19.9 Å². The first kappa shape index (κ1) is 17.9. The van der Waals surface area contributed by atoms with Gasteiger partial charge in [-0.3, -0.25) is 9.78 Å². The fraction of sp³-hybridized carbons (Fsp3) is 0.333. The lowest BCUT2D eigenvalue weighted by Gasteiger charge is -2.29. The minimum atomic E-state index is -0.102. The first-order chi connectivity index (χ1) is 13.1. The van der Waals surface area contributed by atoms with Gasteiger partial charge in [0.25, 0.3) is 5.91 Å². The summed E-state index contributed by atoms with van der Waals surface area (Å²) >= 11 is 6.48. The van der Waals surface area contributed by atoms with E-state index in [1.165, 1.54) is 6.20 Å². The molecular formula is C21H21ClN4O. The van der Waals surface area contributed by atoms with Crippen LogP contribution in [-0.4, -0.2) is 31.8 Å². The van der Waals surface area contributed by atoms with Gasteiger partial charge in [0.1, 0.15) is 10.8 Å². The minimum absolute atomic E-state index is 0.102. The van der Waals surface area contributed by atoms with Crippen LogP contribution in [0.25, 0.3) is 10.9 Å². The average molecular weight is 381 g/mol. The second kappa shape index (κ2) is 7.61. The molecule has 6 heteroatoms. The van der Waals surface area contributed by atoms with E-state index in [0.717, 1.165) is 47.7 Å². The second-order valence-corrected chi connectivity index (χ2v) is 7.45. The SMILES string of the molecule is Cc1ccc2cc(CN(C(=O)c3cnccn3)C3CCCC3)c(Cl)nc2c1. The summed E-state index contributed by atoms with van der Waals surface area (Å²) in [4.78, 5) is 27.8. The zero-order valence-electron chi connectivity index (χ0n) is 15.2. The number of amides is 1. The minimum Gasteiger partial charge on any atom is -0.330 e. The Bertz CT molecular complexity index is 971. The molecule has 1 saturated carbocycles. The van der Waals surface area contributed by atoms with Crippen molar-refractivity contribution >= 4 is 28.4 Å². The molecule has 0 aliphatic heterocycles. The molecule has 2 heterocycles. The molecule has 0 unspecified atom stereocenters. The van der Waals surface area contributed by atoms with E-state index in [4.69, 9.17) is 11.6 Å². The van der Waals surface area contributed by atoms with E-state index >= 15 is 0 Å². The fourth-order valence-corrected chi connectivity index (χ4v) is 3.94. The normalized spacial score (nSPS) is 14.6. The number of aromatic nitrogens is 3. The van der Waals surface area contributed by atoms with Gasteiger partial charge >= 0.3 is 0 Å². The maximum absolute atomic E-state index is 13.1. The highest BCUT2D eigenvalue weighted by Gasteiger charge is 2.29. The van der Waals surface area contributed by atoms with Crippen LogP contribution < -0.4 is 0 Å². The Labute approximate surface area is 163 Å². The number of hydrogen-bond acceptors (Lipinski definition) is 4. The van der Waals surface area contributed by atoms with Gasteiger partial charge in [-0.25, -0.2) is 9.97 Å². The highest BCUT2D eigenvalue weighted by Crippen LogP contribution is 2.29. The third-order valence-corrected chi connectivity index (χ3v) is 5.48. The molecule has 1 aliphatic carbocycles. The maximum Gasteiger partial charge on any atom is 0.274 e. The lowest BCUT2D eigenvalue weighted by Crippen LogP contribution is -2.38. The summed E-state index contributed by atoms with van der Waals surface area (Å²) in [6, 6.07) is 8.35. The molecule has 3 aromatic rings. The van der Waals surface area contributed by atoms with Crippen molar-refractivity contribution in [2.24, 2.45) is 0 Å². The number of carbonyl (C=O) groups is 1. The fourth-order valence-electron chi connectivity index (χ4n) is 3.73. The molecule has 27 heavy (non-hydrogen) atoms. The predicted octanol–water partition coefficient (Wildman–Crippen LogP) is 4.57. The molecule has 1 amide bonds. The molecule has 138 valence electrons. The van der Waals surface area contributed by atoms with Crippen LogP contribution >= 0.6 is 11.6 Å². The van der Waals surface area contributed by atoms with Crippen molar-refractivity contribution in [1.29, 1.82) is 0 Å². The maximum atomic E-state index is 13.1. The molecule has 1 aliphatic rings. The zero-order chi connectivity index (χ0) is 18.8. The summed E-state index contributed by atoms with van der Waals surface area (Å²) in [7, 11) is 0. The smallest absolute Gasteiger partial charge is 0.274 e. The Hall–Kier alpha value is -2.53. The van der Waals surface area contributed by atoms with E-state index in [2.05, 4.69) is 21.0 Å². The molecular weight excluding hydrogens is 360 g/mol. The van der Waals surface area contributed by atoms with Crippen LogP contribution in [0.15, 0.2) is 42.9 Å². The lowest BCUT2D eigenvalue weighted by molar-refractivity contribution is 0.0658. The van der Waals surface area contributed by atoms with Crippen molar-refractivity contribution in [3.63, 3.8) is 0 Å². The van der Waals surface area contributed by atoms with Crippen molar-refractivity contribution in [2.45, 2.75) is 45.2 Å². The van der Waals surface area contributed by atoms with Crippen molar-refractivity contribution in [3.05, 3.63) is 64.8 Å². The Morgan fingerprint density at radius 1 is 1.22 bits per heavy atom. The van der Waals surface area contributed by atoms with E-state index in [1.807, 2.05) is 30.0 Å². The zero-order valence-corrected chi connectivity index (χ0v) is 16.0. The highest BCUT2D eigenvalue weighted by atomic mass is 35.5. The van der Waals surface area contributed by atoms with Gasteiger partial charge in [0.2, 0.25) is 0 Å². The number of benzene rings is 1. The van der Waals surface area contributed by atoms with E-state index in [1.54, 1.807) is 12.4 Å². The van der Waals surface area contributed by atoms with Gasteiger partial charge in [0.05, 0.1) is 11.7 Å². The summed E-state index contributed by atoms with van der Waals surface area (Å²) in [6.45, 7) is 2.46. The number of pyridine rings is 1. The number of hydrogen-bond donors (Lipinski definition) is 0. The monoisotopic (exact) mass is 380 g/mol. The molecule has 4 rings (SSSR count). The Morgan fingerprint density at radius 2 is 2.04 bits per heavy atom. The average Bonchev–Trinajstić information content (AvgIpc) is 3.21. The van der Waals surface area contributed by atoms with Crippen LogP contribution in [0.1, 0.15) is 47.3 Å². The van der Waals surface area contributed by atoms with Gasteiger partial charge in [-0.05, 0) is 37.5 Å². The topological polar surface area (TPSA) is 59.0 Å². The van der Waals surface area contributed by atoms with E-state index in [-0.39, 0.29) is 11.9 Å². The van der Waals surface area contributed by atoms with E-state index in [9.17, 15) is 4.79 Å². The van der Waals surface area contributed by atoms with Crippen LogP contribution in [0.2, 0.25) is 5.15 Å². The summed E-state index contributed by atoms with van der Waals surface area (Å²) in [5.41, 5.74) is 3.24. The molecule has 5 nitrogen and oxygen atoms in total. The van der Waals surface area contributed by atoms with Gasteiger partial charge in [-0.2, -0.15) is 0 Å². The largest absolute Gasteiger partial charge is 0.330 e. The second-order valence-electron chi connectivity index (χ2n) is 7.10. The van der Waals surface area contributed by atoms with E-state index in [0.29, 0.717) is 17.4 Å². The number of nitrogens with zero attached hydrogens (tertiary/aromatic N) is 4. The first-order valence-electron chi connectivity index (χ1n) is 9.24. The van der Waals surface area contributed by atoms with Crippen molar-refractivity contribution < 1.29 is 4.79 Å². The lowest BCUT2D eigenvalue weighted by atomic mass is 10.1. The predicted molar refractivity (Wildman–Crippen MR) is 106 cm³/mol. The molecule has 1 aromatic carbocycles. The molecule has 0 bridgehead atoms. The summed E-state index contributed by atoms with van der Waals surface area (Å²) in [5.74, 6) is -0.102. The molecule has 0 atom stereocenters. The van der Waals surface area contributed by atoms with Crippen LogP contribution in [0, 0.1) is 6.92 Å². The standard InChI is InChI=1S/C21H21ClN4O/c1-14-6-7-15-11-16(20(22)25-18(15)10-14)13-26(17-4-2-3-5-17)21(27)19-12-23-8-9-24-19/h6-12,17H,2-5,13H2,1H3. The van der Waals surface area contributed by atoms with Crippen LogP contribution in [0.4, 0.5) is 0 Å². The van der Waals surface area contributed by atoms with E-state index < -0.39 is 0 Å². The third kappa shape index (κ3) is 3.78. The number of carbonyl (C=O) groups excluding carboxylic acids is 1.